The maximum atomic E-state index is 14.6. The summed E-state index contributed by atoms with van der Waals surface area (Å²) in [5.41, 5.74) is 5.77. The molecular weight excluding hydrogens is 349 g/mol. The average molecular weight is 375 g/mol. The third kappa shape index (κ3) is 4.66. The summed E-state index contributed by atoms with van der Waals surface area (Å²) in [6, 6.07) is 20.8. The Balaban J connectivity index is 1.62. The number of aryl methyl sites for hydroxylation is 2. The van der Waals surface area contributed by atoms with Crippen LogP contribution in [-0.2, 0) is 11.2 Å². The largest absolute Gasteiger partial charge is 0.355 e. The highest BCUT2D eigenvalue weighted by molar-refractivity contribution is 5.83. The fourth-order valence-electron chi connectivity index (χ4n) is 3.40. The van der Waals surface area contributed by atoms with E-state index in [-0.39, 0.29) is 11.7 Å². The highest BCUT2D eigenvalue weighted by Crippen LogP contribution is 2.26. The van der Waals surface area contributed by atoms with Crippen LogP contribution in [0.15, 0.2) is 66.7 Å². The minimum atomic E-state index is -0.404. The summed E-state index contributed by atoms with van der Waals surface area (Å²) in [7, 11) is 0. The predicted molar refractivity (Wildman–Crippen MR) is 113 cm³/mol. The Bertz CT molecular complexity index is 966. The van der Waals surface area contributed by atoms with Crippen LogP contribution >= 0.6 is 0 Å². The van der Waals surface area contributed by atoms with E-state index in [1.807, 2.05) is 43.3 Å². The minimum Gasteiger partial charge on any atom is -0.355 e. The molecule has 28 heavy (non-hydrogen) atoms. The number of nitrogens with one attached hydrogen (secondary N) is 1. The molecule has 0 aliphatic carbocycles. The summed E-state index contributed by atoms with van der Waals surface area (Å²) in [4.78, 5) is 12.5. The maximum Gasteiger partial charge on any atom is 0.227 e. The van der Waals surface area contributed by atoms with Gasteiger partial charge in [0.05, 0.1) is 5.92 Å². The van der Waals surface area contributed by atoms with E-state index in [9.17, 15) is 9.18 Å². The van der Waals surface area contributed by atoms with Crippen LogP contribution < -0.4 is 5.32 Å². The van der Waals surface area contributed by atoms with E-state index in [0.29, 0.717) is 17.7 Å². The van der Waals surface area contributed by atoms with Gasteiger partial charge in [-0.1, -0.05) is 66.2 Å². The molecule has 0 fully saturated rings. The van der Waals surface area contributed by atoms with Crippen molar-refractivity contribution in [2.45, 2.75) is 33.1 Å². The van der Waals surface area contributed by atoms with Gasteiger partial charge in [0, 0.05) is 12.1 Å². The summed E-state index contributed by atoms with van der Waals surface area (Å²) in [6.45, 7) is 6.54. The van der Waals surface area contributed by atoms with Crippen molar-refractivity contribution in [1.82, 2.24) is 5.32 Å². The molecule has 0 saturated carbocycles. The summed E-state index contributed by atoms with van der Waals surface area (Å²) in [5.74, 6) is -0.798. The number of amides is 1. The molecule has 0 radical (unpaired) electrons. The van der Waals surface area contributed by atoms with E-state index < -0.39 is 5.92 Å². The third-order valence-corrected chi connectivity index (χ3v) is 5.16. The van der Waals surface area contributed by atoms with Crippen LogP contribution in [0.3, 0.4) is 0 Å². The standard InChI is InChI=1S/C25H26FNO/c1-17-9-10-20(18(2)15-17)13-14-27-25(28)19(3)22-11-12-23(24(26)16-22)21-7-5-4-6-8-21/h4-12,15-16,19H,13-14H2,1-3H3,(H,27,28)/t19-/m1/s1. The Morgan fingerprint density at radius 3 is 2.43 bits per heavy atom. The number of hydrogen-bond acceptors (Lipinski definition) is 1. The van der Waals surface area contributed by atoms with Crippen molar-refractivity contribution in [1.29, 1.82) is 0 Å². The van der Waals surface area contributed by atoms with Crippen molar-refractivity contribution in [3.63, 3.8) is 0 Å². The lowest BCUT2D eigenvalue weighted by Crippen LogP contribution is -2.30. The summed E-state index contributed by atoms with van der Waals surface area (Å²) >= 11 is 0. The zero-order valence-electron chi connectivity index (χ0n) is 16.6. The molecule has 3 rings (SSSR count). The lowest BCUT2D eigenvalue weighted by atomic mass is 9.96. The Kier molecular flexibility index (Phi) is 6.25. The second-order valence-corrected chi connectivity index (χ2v) is 7.30. The van der Waals surface area contributed by atoms with Gasteiger partial charge in [-0.3, -0.25) is 4.79 Å². The van der Waals surface area contributed by atoms with Crippen molar-refractivity contribution in [3.05, 3.63) is 94.8 Å². The summed E-state index contributed by atoms with van der Waals surface area (Å²) in [6.07, 6.45) is 0.784. The first-order valence-electron chi connectivity index (χ1n) is 9.64. The van der Waals surface area contributed by atoms with Crippen molar-refractivity contribution in [3.8, 4) is 11.1 Å². The van der Waals surface area contributed by atoms with E-state index >= 15 is 0 Å². The first-order chi connectivity index (χ1) is 13.5. The van der Waals surface area contributed by atoms with Crippen LogP contribution in [0.25, 0.3) is 11.1 Å². The molecule has 0 aromatic heterocycles. The average Bonchev–Trinajstić information content (AvgIpc) is 2.69. The SMILES string of the molecule is Cc1ccc(CCNC(=O)[C@H](C)c2ccc(-c3ccccc3)c(F)c2)c(C)c1. The molecule has 144 valence electrons. The molecule has 0 bridgehead atoms. The predicted octanol–water partition coefficient (Wildman–Crippen LogP) is 5.57. The Hall–Kier alpha value is -2.94. The minimum absolute atomic E-state index is 0.0865. The maximum absolute atomic E-state index is 14.6. The second kappa shape index (κ2) is 8.83. The lowest BCUT2D eigenvalue weighted by Gasteiger charge is -2.14. The molecule has 0 unspecified atom stereocenters. The number of halogens is 1. The molecule has 0 saturated heterocycles. The third-order valence-electron chi connectivity index (χ3n) is 5.16. The van der Waals surface area contributed by atoms with Crippen molar-refractivity contribution in [2.24, 2.45) is 0 Å². The van der Waals surface area contributed by atoms with Crippen LogP contribution in [0.2, 0.25) is 0 Å². The molecule has 3 aromatic carbocycles. The monoisotopic (exact) mass is 375 g/mol. The smallest absolute Gasteiger partial charge is 0.227 e. The van der Waals surface area contributed by atoms with Crippen LogP contribution in [0.1, 0.15) is 35.1 Å². The second-order valence-electron chi connectivity index (χ2n) is 7.30. The zero-order chi connectivity index (χ0) is 20.1. The fourth-order valence-corrected chi connectivity index (χ4v) is 3.40. The molecule has 0 aliphatic rings. The van der Waals surface area contributed by atoms with Gasteiger partial charge in [0.2, 0.25) is 5.91 Å². The summed E-state index contributed by atoms with van der Waals surface area (Å²) in [5, 5.41) is 2.98. The quantitative estimate of drug-likeness (QED) is 0.599. The first kappa shape index (κ1) is 19.8. The fraction of sp³-hybridized carbons (Fsp3) is 0.240. The Morgan fingerprint density at radius 2 is 1.75 bits per heavy atom. The molecule has 1 amide bonds. The number of carbonyl (C=O) groups excluding carboxylic acids is 1. The van der Waals surface area contributed by atoms with Gasteiger partial charge in [-0.2, -0.15) is 0 Å². The number of rotatable bonds is 6. The van der Waals surface area contributed by atoms with Crippen molar-refractivity contribution < 1.29 is 9.18 Å². The zero-order valence-corrected chi connectivity index (χ0v) is 16.6. The highest BCUT2D eigenvalue weighted by atomic mass is 19.1. The van der Waals surface area contributed by atoms with Crippen LogP contribution in [0.5, 0.6) is 0 Å². The van der Waals surface area contributed by atoms with Crippen LogP contribution in [-0.4, -0.2) is 12.5 Å². The molecule has 1 atom stereocenters. The van der Waals surface area contributed by atoms with Gasteiger partial charge >= 0.3 is 0 Å². The Morgan fingerprint density at radius 1 is 1.00 bits per heavy atom. The summed E-state index contributed by atoms with van der Waals surface area (Å²) < 4.78 is 14.6. The Labute approximate surface area is 166 Å². The molecule has 2 nitrogen and oxygen atoms in total. The molecule has 0 aliphatic heterocycles. The molecule has 0 heterocycles. The lowest BCUT2D eigenvalue weighted by molar-refractivity contribution is -0.122. The van der Waals surface area contributed by atoms with Gasteiger partial charge < -0.3 is 5.32 Å². The molecule has 1 N–H and O–H groups in total. The first-order valence-corrected chi connectivity index (χ1v) is 9.64. The van der Waals surface area contributed by atoms with Crippen LogP contribution in [0, 0.1) is 19.7 Å². The van der Waals surface area contributed by atoms with Gasteiger partial charge in [-0.15, -0.1) is 0 Å². The van der Waals surface area contributed by atoms with Gasteiger partial charge in [-0.05, 0) is 55.5 Å². The number of carbonyl (C=O) groups is 1. The van der Waals surface area contributed by atoms with Gasteiger partial charge in [0.1, 0.15) is 5.82 Å². The van der Waals surface area contributed by atoms with E-state index in [0.717, 1.165) is 12.0 Å². The van der Waals surface area contributed by atoms with E-state index in [1.54, 1.807) is 6.07 Å². The van der Waals surface area contributed by atoms with Crippen molar-refractivity contribution >= 4 is 5.91 Å². The molecular formula is C25H26FNO. The van der Waals surface area contributed by atoms with Crippen molar-refractivity contribution in [2.75, 3.05) is 6.54 Å². The molecule has 3 heteroatoms. The van der Waals surface area contributed by atoms with Gasteiger partial charge in [0.15, 0.2) is 0 Å². The molecule has 3 aromatic rings. The van der Waals surface area contributed by atoms with Crippen LogP contribution in [0.4, 0.5) is 4.39 Å². The van der Waals surface area contributed by atoms with Gasteiger partial charge in [0.25, 0.3) is 0 Å². The van der Waals surface area contributed by atoms with E-state index in [1.165, 1.54) is 22.8 Å². The number of benzene rings is 3. The molecule has 0 spiro atoms. The van der Waals surface area contributed by atoms with E-state index in [2.05, 4.69) is 37.4 Å². The number of hydrogen-bond donors (Lipinski definition) is 1. The topological polar surface area (TPSA) is 29.1 Å². The van der Waals surface area contributed by atoms with E-state index in [4.69, 9.17) is 0 Å². The normalized spacial score (nSPS) is 11.9. The van der Waals surface area contributed by atoms with Gasteiger partial charge in [-0.25, -0.2) is 4.39 Å². The highest BCUT2D eigenvalue weighted by Gasteiger charge is 2.17.